The van der Waals surface area contributed by atoms with Gasteiger partial charge >= 0.3 is 0 Å². The van der Waals surface area contributed by atoms with Crippen LogP contribution in [0.3, 0.4) is 0 Å². The summed E-state index contributed by atoms with van der Waals surface area (Å²) < 4.78 is 1.07. The Morgan fingerprint density at radius 3 is 2.74 bits per heavy atom. The second-order valence-corrected chi connectivity index (χ2v) is 5.92. The molecule has 0 aliphatic carbocycles. The minimum absolute atomic E-state index is 1.00. The SMILES string of the molecule is Cc1cnccc1-c1nc(-c2ccccc2Br)cs1. The van der Waals surface area contributed by atoms with Crippen LogP contribution in [0, 0.1) is 6.92 Å². The Balaban J connectivity index is 2.06. The maximum atomic E-state index is 4.73. The zero-order valence-electron chi connectivity index (χ0n) is 10.3. The van der Waals surface area contributed by atoms with Gasteiger partial charge < -0.3 is 0 Å². The average molecular weight is 331 g/mol. The third-order valence-corrected chi connectivity index (χ3v) is 4.47. The van der Waals surface area contributed by atoms with Gasteiger partial charge in [-0.2, -0.15) is 0 Å². The van der Waals surface area contributed by atoms with E-state index in [1.165, 1.54) is 0 Å². The van der Waals surface area contributed by atoms with Crippen molar-refractivity contribution in [3.63, 3.8) is 0 Å². The highest BCUT2D eigenvalue weighted by Crippen LogP contribution is 2.33. The fourth-order valence-electron chi connectivity index (χ4n) is 1.90. The molecule has 0 unspecified atom stereocenters. The Labute approximate surface area is 124 Å². The lowest BCUT2D eigenvalue weighted by Gasteiger charge is -2.01. The number of aryl methyl sites for hydroxylation is 1. The van der Waals surface area contributed by atoms with Crippen LogP contribution in [0.2, 0.25) is 0 Å². The van der Waals surface area contributed by atoms with E-state index in [0.29, 0.717) is 0 Å². The van der Waals surface area contributed by atoms with Crippen LogP contribution < -0.4 is 0 Å². The van der Waals surface area contributed by atoms with E-state index >= 15 is 0 Å². The lowest BCUT2D eigenvalue weighted by molar-refractivity contribution is 1.26. The molecular formula is C15H11BrN2S. The molecule has 0 N–H and O–H groups in total. The molecule has 0 aliphatic heterocycles. The summed E-state index contributed by atoms with van der Waals surface area (Å²) in [5.41, 5.74) is 4.43. The minimum Gasteiger partial charge on any atom is -0.264 e. The number of halogens is 1. The largest absolute Gasteiger partial charge is 0.264 e. The first-order valence-corrected chi connectivity index (χ1v) is 7.54. The summed E-state index contributed by atoms with van der Waals surface area (Å²) in [6.07, 6.45) is 3.68. The second-order valence-electron chi connectivity index (χ2n) is 4.21. The van der Waals surface area contributed by atoms with Crippen molar-refractivity contribution in [1.82, 2.24) is 9.97 Å². The minimum atomic E-state index is 1.00. The molecule has 0 fully saturated rings. The van der Waals surface area contributed by atoms with Crippen LogP contribution in [0.25, 0.3) is 21.8 Å². The standard InChI is InChI=1S/C15H11BrN2S/c1-10-8-17-7-6-11(10)15-18-14(9-19-15)12-4-2-3-5-13(12)16/h2-9H,1H3. The molecule has 0 amide bonds. The molecule has 3 rings (SSSR count). The van der Waals surface area contributed by atoms with Crippen molar-refractivity contribution in [1.29, 1.82) is 0 Å². The van der Waals surface area contributed by atoms with Crippen LogP contribution in [0.15, 0.2) is 52.6 Å². The van der Waals surface area contributed by atoms with Gasteiger partial charge in [-0.05, 0) is 24.6 Å². The highest BCUT2D eigenvalue weighted by Gasteiger charge is 2.10. The van der Waals surface area contributed by atoms with Gasteiger partial charge in [0.05, 0.1) is 5.69 Å². The lowest BCUT2D eigenvalue weighted by atomic mass is 10.1. The molecule has 2 nitrogen and oxygen atoms in total. The summed E-state index contributed by atoms with van der Waals surface area (Å²) in [6, 6.07) is 10.1. The third-order valence-electron chi connectivity index (χ3n) is 2.90. The molecule has 4 heteroatoms. The number of hydrogen-bond acceptors (Lipinski definition) is 3. The molecule has 0 saturated heterocycles. The number of thiazole rings is 1. The monoisotopic (exact) mass is 330 g/mol. The maximum Gasteiger partial charge on any atom is 0.124 e. The number of benzene rings is 1. The van der Waals surface area contributed by atoms with E-state index in [1.807, 2.05) is 36.7 Å². The van der Waals surface area contributed by atoms with E-state index in [1.54, 1.807) is 11.3 Å². The van der Waals surface area contributed by atoms with E-state index in [4.69, 9.17) is 4.98 Å². The number of rotatable bonds is 2. The second kappa shape index (κ2) is 5.23. The van der Waals surface area contributed by atoms with E-state index in [2.05, 4.69) is 39.3 Å². The van der Waals surface area contributed by atoms with Crippen LogP contribution in [0.5, 0.6) is 0 Å². The topological polar surface area (TPSA) is 25.8 Å². The van der Waals surface area contributed by atoms with E-state index < -0.39 is 0 Å². The van der Waals surface area contributed by atoms with Crippen LogP contribution >= 0.6 is 27.3 Å². The highest BCUT2D eigenvalue weighted by molar-refractivity contribution is 9.10. The van der Waals surface area contributed by atoms with Crippen molar-refractivity contribution in [2.75, 3.05) is 0 Å². The summed E-state index contributed by atoms with van der Waals surface area (Å²) in [5.74, 6) is 0. The van der Waals surface area contributed by atoms with Crippen LogP contribution in [0.1, 0.15) is 5.56 Å². The van der Waals surface area contributed by atoms with E-state index in [0.717, 1.165) is 31.9 Å². The summed E-state index contributed by atoms with van der Waals surface area (Å²) in [6.45, 7) is 2.06. The lowest BCUT2D eigenvalue weighted by Crippen LogP contribution is -1.84. The van der Waals surface area contributed by atoms with Gasteiger partial charge in [0, 0.05) is 33.4 Å². The van der Waals surface area contributed by atoms with Gasteiger partial charge in [-0.1, -0.05) is 34.1 Å². The highest BCUT2D eigenvalue weighted by atomic mass is 79.9. The zero-order valence-corrected chi connectivity index (χ0v) is 12.7. The molecule has 0 spiro atoms. The first-order chi connectivity index (χ1) is 9.25. The van der Waals surface area contributed by atoms with Crippen LogP contribution in [0.4, 0.5) is 0 Å². The van der Waals surface area contributed by atoms with E-state index in [9.17, 15) is 0 Å². The smallest absolute Gasteiger partial charge is 0.124 e. The summed E-state index contributed by atoms with van der Waals surface area (Å²) in [5, 5.41) is 3.13. The number of nitrogens with zero attached hydrogens (tertiary/aromatic N) is 2. The fraction of sp³-hybridized carbons (Fsp3) is 0.0667. The molecule has 0 radical (unpaired) electrons. The van der Waals surface area contributed by atoms with Crippen molar-refractivity contribution in [3.8, 4) is 21.8 Å². The zero-order chi connectivity index (χ0) is 13.2. The third kappa shape index (κ3) is 2.46. The molecule has 0 atom stereocenters. The molecule has 19 heavy (non-hydrogen) atoms. The predicted octanol–water partition coefficient (Wildman–Crippen LogP) is 4.94. The fourth-order valence-corrected chi connectivity index (χ4v) is 3.30. The van der Waals surface area contributed by atoms with Crippen LogP contribution in [-0.2, 0) is 0 Å². The molecular weight excluding hydrogens is 320 g/mol. The van der Waals surface area contributed by atoms with Crippen molar-refractivity contribution >= 4 is 27.3 Å². The molecule has 2 heterocycles. The van der Waals surface area contributed by atoms with Gasteiger partial charge in [0.2, 0.25) is 0 Å². The Hall–Kier alpha value is -1.52. The molecule has 1 aromatic carbocycles. The molecule has 0 saturated carbocycles. The van der Waals surface area contributed by atoms with Crippen LogP contribution in [-0.4, -0.2) is 9.97 Å². The number of hydrogen-bond donors (Lipinski definition) is 0. The summed E-state index contributed by atoms with van der Waals surface area (Å²) in [7, 11) is 0. The molecule has 0 bridgehead atoms. The van der Waals surface area contributed by atoms with E-state index in [-0.39, 0.29) is 0 Å². The van der Waals surface area contributed by atoms with Gasteiger partial charge in [0.15, 0.2) is 0 Å². The Morgan fingerprint density at radius 2 is 1.95 bits per heavy atom. The van der Waals surface area contributed by atoms with Crippen molar-refractivity contribution in [2.45, 2.75) is 6.92 Å². The van der Waals surface area contributed by atoms with Crippen molar-refractivity contribution < 1.29 is 0 Å². The van der Waals surface area contributed by atoms with Crippen molar-refractivity contribution in [3.05, 3.63) is 58.1 Å². The molecule has 2 aromatic heterocycles. The quantitative estimate of drug-likeness (QED) is 0.664. The molecule has 0 aliphatic rings. The average Bonchev–Trinajstić information content (AvgIpc) is 2.89. The number of aromatic nitrogens is 2. The first kappa shape index (κ1) is 12.5. The summed E-state index contributed by atoms with van der Waals surface area (Å²) in [4.78, 5) is 8.85. The van der Waals surface area contributed by atoms with Gasteiger partial charge in [-0.15, -0.1) is 11.3 Å². The predicted molar refractivity (Wildman–Crippen MR) is 83.2 cm³/mol. The Bertz CT molecular complexity index is 661. The van der Waals surface area contributed by atoms with Crippen molar-refractivity contribution in [2.24, 2.45) is 0 Å². The Morgan fingerprint density at radius 1 is 1.11 bits per heavy atom. The van der Waals surface area contributed by atoms with Gasteiger partial charge in [0.25, 0.3) is 0 Å². The molecule has 3 aromatic rings. The maximum absolute atomic E-state index is 4.73. The summed E-state index contributed by atoms with van der Waals surface area (Å²) >= 11 is 5.23. The normalized spacial score (nSPS) is 10.6. The Kier molecular flexibility index (Phi) is 3.44. The van der Waals surface area contributed by atoms with Gasteiger partial charge in [0.1, 0.15) is 5.01 Å². The number of pyridine rings is 1. The van der Waals surface area contributed by atoms with Gasteiger partial charge in [-0.3, -0.25) is 4.98 Å². The molecule has 94 valence electrons. The first-order valence-electron chi connectivity index (χ1n) is 5.87. The van der Waals surface area contributed by atoms with Gasteiger partial charge in [-0.25, -0.2) is 4.98 Å².